The molecule has 4 unspecified atom stereocenters. The average Bonchev–Trinajstić information content (AvgIpc) is 2.88. The van der Waals surface area contributed by atoms with Crippen LogP contribution in [0.15, 0.2) is 0 Å². The van der Waals surface area contributed by atoms with Crippen molar-refractivity contribution in [3.8, 4) is 0 Å². The zero-order valence-corrected chi connectivity index (χ0v) is 13.7. The molecule has 1 saturated heterocycles. The Bertz CT molecular complexity index is 334. The molecule has 1 saturated carbocycles. The first-order chi connectivity index (χ1) is 9.48. The molecule has 2 fully saturated rings. The van der Waals surface area contributed by atoms with Crippen molar-refractivity contribution in [1.82, 2.24) is 10.6 Å². The molecule has 0 aromatic heterocycles. The Morgan fingerprint density at radius 1 is 1.40 bits per heavy atom. The Kier molecular flexibility index (Phi) is 5.11. The van der Waals surface area contributed by atoms with Crippen LogP contribution in [0.5, 0.6) is 0 Å². The molecule has 116 valence electrons. The maximum atomic E-state index is 12.8. The Balaban J connectivity index is 2.03. The van der Waals surface area contributed by atoms with E-state index in [2.05, 4.69) is 38.3 Å². The lowest BCUT2D eigenvalue weighted by atomic mass is 9.73. The van der Waals surface area contributed by atoms with Crippen LogP contribution in [0.1, 0.15) is 59.8 Å². The van der Waals surface area contributed by atoms with Gasteiger partial charge in [0.1, 0.15) is 0 Å². The summed E-state index contributed by atoms with van der Waals surface area (Å²) in [5.74, 6) is 2.36. The van der Waals surface area contributed by atoms with Gasteiger partial charge in [-0.25, -0.2) is 0 Å². The van der Waals surface area contributed by atoms with Crippen molar-refractivity contribution in [3.05, 3.63) is 0 Å². The monoisotopic (exact) mass is 280 g/mol. The second kappa shape index (κ2) is 6.46. The minimum absolute atomic E-state index is 0.151. The van der Waals surface area contributed by atoms with E-state index in [0.717, 1.165) is 38.3 Å². The topological polar surface area (TPSA) is 41.1 Å². The lowest BCUT2D eigenvalue weighted by molar-refractivity contribution is -0.132. The van der Waals surface area contributed by atoms with Gasteiger partial charge in [-0.1, -0.05) is 34.1 Å². The van der Waals surface area contributed by atoms with Gasteiger partial charge in [0.05, 0.1) is 5.41 Å². The van der Waals surface area contributed by atoms with Crippen LogP contribution in [0.25, 0.3) is 0 Å². The molecule has 1 aliphatic carbocycles. The number of hydrogen-bond donors (Lipinski definition) is 2. The van der Waals surface area contributed by atoms with Crippen LogP contribution < -0.4 is 10.6 Å². The minimum Gasteiger partial charge on any atom is -0.353 e. The number of nitrogens with one attached hydrogen (secondary N) is 2. The molecule has 0 aromatic carbocycles. The quantitative estimate of drug-likeness (QED) is 0.831. The van der Waals surface area contributed by atoms with Crippen LogP contribution in [0.3, 0.4) is 0 Å². The highest BCUT2D eigenvalue weighted by atomic mass is 16.2. The van der Waals surface area contributed by atoms with Gasteiger partial charge in [-0.05, 0) is 50.0 Å². The van der Waals surface area contributed by atoms with Gasteiger partial charge in [-0.15, -0.1) is 0 Å². The van der Waals surface area contributed by atoms with E-state index in [0.29, 0.717) is 23.8 Å². The number of hydrogen-bond acceptors (Lipinski definition) is 2. The molecule has 3 nitrogen and oxygen atoms in total. The van der Waals surface area contributed by atoms with Crippen LogP contribution in [0.4, 0.5) is 0 Å². The number of carbonyl (C=O) groups is 1. The van der Waals surface area contributed by atoms with Crippen molar-refractivity contribution < 1.29 is 4.79 Å². The third-order valence-electron chi connectivity index (χ3n) is 5.74. The van der Waals surface area contributed by atoms with E-state index in [1.54, 1.807) is 0 Å². The van der Waals surface area contributed by atoms with Gasteiger partial charge in [0.25, 0.3) is 0 Å². The van der Waals surface area contributed by atoms with Gasteiger partial charge < -0.3 is 10.6 Å². The molecular weight excluding hydrogens is 248 g/mol. The maximum absolute atomic E-state index is 12.8. The van der Waals surface area contributed by atoms with Crippen molar-refractivity contribution >= 4 is 5.91 Å². The van der Waals surface area contributed by atoms with E-state index in [4.69, 9.17) is 0 Å². The van der Waals surface area contributed by atoms with Crippen LogP contribution in [-0.2, 0) is 4.79 Å². The van der Waals surface area contributed by atoms with Crippen LogP contribution in [0, 0.1) is 23.2 Å². The third-order valence-corrected chi connectivity index (χ3v) is 5.74. The second-order valence-corrected chi connectivity index (χ2v) is 7.47. The molecule has 1 amide bonds. The number of carbonyl (C=O) groups excluding carboxylic acids is 1. The standard InChI is InChI=1S/C17H32N2O/c1-5-17(8-9-18-11-17)16(20)19-15-10-13(4)6-7-14(15)12(2)3/h12-15,18H,5-11H2,1-4H3,(H,19,20). The van der Waals surface area contributed by atoms with E-state index >= 15 is 0 Å². The highest BCUT2D eigenvalue weighted by Crippen LogP contribution is 2.35. The fourth-order valence-electron chi connectivity index (χ4n) is 4.09. The molecule has 4 atom stereocenters. The molecular formula is C17H32N2O. The summed E-state index contributed by atoms with van der Waals surface area (Å²) in [5.41, 5.74) is -0.151. The smallest absolute Gasteiger partial charge is 0.227 e. The van der Waals surface area contributed by atoms with E-state index in [1.807, 2.05) is 0 Å². The van der Waals surface area contributed by atoms with E-state index in [9.17, 15) is 4.79 Å². The highest BCUT2D eigenvalue weighted by molar-refractivity contribution is 5.83. The minimum atomic E-state index is -0.151. The van der Waals surface area contributed by atoms with Gasteiger partial charge in [0.2, 0.25) is 5.91 Å². The molecule has 3 heteroatoms. The van der Waals surface area contributed by atoms with Crippen molar-refractivity contribution in [2.24, 2.45) is 23.2 Å². The lowest BCUT2D eigenvalue weighted by Crippen LogP contribution is -2.51. The van der Waals surface area contributed by atoms with Crippen molar-refractivity contribution in [2.45, 2.75) is 65.8 Å². The molecule has 2 rings (SSSR count). The molecule has 0 spiro atoms. The largest absolute Gasteiger partial charge is 0.353 e. The number of rotatable bonds is 4. The second-order valence-electron chi connectivity index (χ2n) is 7.47. The summed E-state index contributed by atoms with van der Waals surface area (Å²) in [4.78, 5) is 12.8. The van der Waals surface area contributed by atoms with Gasteiger partial charge in [0.15, 0.2) is 0 Å². The number of amides is 1. The summed E-state index contributed by atoms with van der Waals surface area (Å²) >= 11 is 0. The van der Waals surface area contributed by atoms with E-state index in [-0.39, 0.29) is 5.41 Å². The van der Waals surface area contributed by atoms with E-state index in [1.165, 1.54) is 12.8 Å². The first-order valence-electron chi connectivity index (χ1n) is 8.50. The lowest BCUT2D eigenvalue weighted by Gasteiger charge is -2.39. The van der Waals surface area contributed by atoms with E-state index < -0.39 is 0 Å². The highest BCUT2D eigenvalue weighted by Gasteiger charge is 2.41. The average molecular weight is 280 g/mol. The molecule has 0 bridgehead atoms. The van der Waals surface area contributed by atoms with Gasteiger partial charge in [0, 0.05) is 12.6 Å². The Morgan fingerprint density at radius 3 is 2.70 bits per heavy atom. The first kappa shape index (κ1) is 15.8. The van der Waals surface area contributed by atoms with Crippen molar-refractivity contribution in [1.29, 1.82) is 0 Å². The van der Waals surface area contributed by atoms with Crippen LogP contribution in [-0.4, -0.2) is 25.0 Å². The van der Waals surface area contributed by atoms with Gasteiger partial charge >= 0.3 is 0 Å². The summed E-state index contributed by atoms with van der Waals surface area (Å²) in [7, 11) is 0. The zero-order chi connectivity index (χ0) is 14.8. The Morgan fingerprint density at radius 2 is 2.15 bits per heavy atom. The molecule has 20 heavy (non-hydrogen) atoms. The summed E-state index contributed by atoms with van der Waals surface area (Å²) in [5, 5.41) is 6.80. The normalized spacial score (nSPS) is 38.1. The SMILES string of the molecule is CCC1(C(=O)NC2CC(C)CCC2C(C)C)CCNC1. The van der Waals surface area contributed by atoms with Crippen LogP contribution in [0.2, 0.25) is 0 Å². The molecule has 0 aromatic rings. The zero-order valence-electron chi connectivity index (χ0n) is 13.7. The molecule has 0 radical (unpaired) electrons. The maximum Gasteiger partial charge on any atom is 0.227 e. The predicted molar refractivity (Wildman–Crippen MR) is 83.5 cm³/mol. The Labute approximate surface area is 124 Å². The third kappa shape index (κ3) is 3.19. The summed E-state index contributed by atoms with van der Waals surface area (Å²) in [6, 6.07) is 0.385. The molecule has 1 heterocycles. The summed E-state index contributed by atoms with van der Waals surface area (Å²) in [6.45, 7) is 10.9. The fourth-order valence-corrected chi connectivity index (χ4v) is 4.09. The summed E-state index contributed by atoms with van der Waals surface area (Å²) < 4.78 is 0. The predicted octanol–water partition coefficient (Wildman–Crippen LogP) is 2.95. The molecule has 1 aliphatic heterocycles. The molecule has 2 N–H and O–H groups in total. The fraction of sp³-hybridized carbons (Fsp3) is 0.941. The van der Waals surface area contributed by atoms with Crippen LogP contribution >= 0.6 is 0 Å². The Hall–Kier alpha value is -0.570. The van der Waals surface area contributed by atoms with Gasteiger partial charge in [-0.3, -0.25) is 4.79 Å². The van der Waals surface area contributed by atoms with Crippen molar-refractivity contribution in [2.75, 3.05) is 13.1 Å². The van der Waals surface area contributed by atoms with Crippen molar-refractivity contribution in [3.63, 3.8) is 0 Å². The molecule has 2 aliphatic rings. The summed E-state index contributed by atoms with van der Waals surface area (Å²) in [6.07, 6.45) is 5.67. The first-order valence-corrected chi connectivity index (χ1v) is 8.50. The van der Waals surface area contributed by atoms with Gasteiger partial charge in [-0.2, -0.15) is 0 Å².